The van der Waals surface area contributed by atoms with Crippen LogP contribution in [0, 0.1) is 0 Å². The van der Waals surface area contributed by atoms with Crippen molar-refractivity contribution >= 4 is 11.6 Å². The summed E-state index contributed by atoms with van der Waals surface area (Å²) in [7, 11) is 0. The highest BCUT2D eigenvalue weighted by Crippen LogP contribution is 2.24. The molecular weight excluding hydrogens is 282 g/mol. The molecule has 0 unspecified atom stereocenters. The molecule has 1 aromatic carbocycles. The number of ether oxygens (including phenoxy) is 1. The normalized spacial score (nSPS) is 11.7. The first-order valence-corrected chi connectivity index (χ1v) is 8.46. The molecule has 120 valence electrons. The van der Waals surface area contributed by atoms with Crippen LogP contribution in [0.3, 0.4) is 0 Å². The van der Waals surface area contributed by atoms with E-state index in [1.165, 1.54) is 25.7 Å². The van der Waals surface area contributed by atoms with Crippen molar-refractivity contribution < 1.29 is 4.74 Å². The van der Waals surface area contributed by atoms with Gasteiger partial charge in [-0.25, -0.2) is 0 Å². The molecule has 0 saturated heterocycles. The minimum Gasteiger partial charge on any atom is -0.493 e. The van der Waals surface area contributed by atoms with E-state index in [4.69, 9.17) is 16.3 Å². The summed E-state index contributed by atoms with van der Waals surface area (Å²) in [4.78, 5) is 0. The van der Waals surface area contributed by atoms with Crippen molar-refractivity contribution in [2.75, 3.05) is 6.61 Å². The average Bonchev–Trinajstić information content (AvgIpc) is 2.41. The molecule has 0 amide bonds. The lowest BCUT2D eigenvalue weighted by Gasteiger charge is -2.22. The minimum absolute atomic E-state index is 0.0831. The molecule has 1 N–H and O–H groups in total. The fourth-order valence-electron chi connectivity index (χ4n) is 2.08. The highest BCUT2D eigenvalue weighted by Gasteiger charge is 2.11. The molecule has 0 fully saturated rings. The Morgan fingerprint density at radius 3 is 2.48 bits per heavy atom. The van der Waals surface area contributed by atoms with Crippen molar-refractivity contribution in [2.45, 2.75) is 71.9 Å². The van der Waals surface area contributed by atoms with Gasteiger partial charge in [0.05, 0.1) is 6.61 Å². The summed E-state index contributed by atoms with van der Waals surface area (Å²) in [6.07, 6.45) is 6.27. The number of nitrogens with one attached hydrogen (secondary N) is 1. The molecule has 0 atom stereocenters. The molecule has 0 heterocycles. The maximum atomic E-state index is 6.10. The molecule has 0 bridgehead atoms. The van der Waals surface area contributed by atoms with Gasteiger partial charge in [0.15, 0.2) is 0 Å². The van der Waals surface area contributed by atoms with Crippen LogP contribution >= 0.6 is 11.6 Å². The van der Waals surface area contributed by atoms with E-state index >= 15 is 0 Å². The Morgan fingerprint density at radius 2 is 1.81 bits per heavy atom. The summed E-state index contributed by atoms with van der Waals surface area (Å²) in [6, 6.07) is 5.87. The number of hydrogen-bond acceptors (Lipinski definition) is 2. The van der Waals surface area contributed by atoms with E-state index in [0.717, 1.165) is 35.9 Å². The monoisotopic (exact) mass is 311 g/mol. The Hall–Kier alpha value is -0.730. The van der Waals surface area contributed by atoms with Gasteiger partial charge in [0, 0.05) is 22.7 Å². The van der Waals surface area contributed by atoms with Gasteiger partial charge in [0.25, 0.3) is 0 Å². The third-order valence-corrected chi connectivity index (χ3v) is 3.57. The number of hydrogen-bond donors (Lipinski definition) is 1. The predicted molar refractivity (Wildman–Crippen MR) is 92.3 cm³/mol. The van der Waals surface area contributed by atoms with Crippen molar-refractivity contribution in [3.8, 4) is 5.75 Å². The van der Waals surface area contributed by atoms with Crippen molar-refractivity contribution in [1.82, 2.24) is 5.32 Å². The standard InChI is InChI=1S/C18H30ClNO/c1-5-6-7-8-9-12-21-17-11-10-16(19)13-15(17)14-20-18(2,3)4/h10-11,13,20H,5-9,12,14H2,1-4H3. The number of halogens is 1. The van der Waals surface area contributed by atoms with Crippen LogP contribution in [-0.4, -0.2) is 12.1 Å². The first-order valence-electron chi connectivity index (χ1n) is 8.08. The first-order chi connectivity index (χ1) is 9.92. The summed E-state index contributed by atoms with van der Waals surface area (Å²) in [5.74, 6) is 0.951. The molecule has 0 saturated carbocycles. The zero-order chi connectivity index (χ0) is 15.7. The van der Waals surface area contributed by atoms with Gasteiger partial charge < -0.3 is 10.1 Å². The predicted octanol–water partition coefficient (Wildman–Crippen LogP) is 5.58. The Bertz CT molecular complexity index is 412. The molecule has 1 aromatic rings. The van der Waals surface area contributed by atoms with Gasteiger partial charge in [-0.05, 0) is 45.4 Å². The van der Waals surface area contributed by atoms with E-state index in [2.05, 4.69) is 33.0 Å². The molecule has 3 heteroatoms. The summed E-state index contributed by atoms with van der Waals surface area (Å²) < 4.78 is 5.94. The Balaban J connectivity index is 2.48. The van der Waals surface area contributed by atoms with Gasteiger partial charge in [-0.15, -0.1) is 0 Å². The van der Waals surface area contributed by atoms with Gasteiger partial charge >= 0.3 is 0 Å². The van der Waals surface area contributed by atoms with E-state index < -0.39 is 0 Å². The molecule has 0 aromatic heterocycles. The highest BCUT2D eigenvalue weighted by atomic mass is 35.5. The Labute approximate surface area is 135 Å². The average molecular weight is 312 g/mol. The third kappa shape index (κ3) is 8.33. The van der Waals surface area contributed by atoms with Crippen LogP contribution in [-0.2, 0) is 6.54 Å². The van der Waals surface area contributed by atoms with E-state index in [1.54, 1.807) is 0 Å². The van der Waals surface area contributed by atoms with Crippen molar-refractivity contribution in [3.05, 3.63) is 28.8 Å². The molecule has 0 radical (unpaired) electrons. The number of rotatable bonds is 9. The quantitative estimate of drug-likeness (QED) is 0.601. The molecule has 0 aliphatic carbocycles. The second-order valence-electron chi connectivity index (χ2n) is 6.62. The van der Waals surface area contributed by atoms with Crippen LogP contribution in [0.25, 0.3) is 0 Å². The topological polar surface area (TPSA) is 21.3 Å². The molecule has 0 aliphatic heterocycles. The van der Waals surface area contributed by atoms with E-state index in [-0.39, 0.29) is 5.54 Å². The minimum atomic E-state index is 0.0831. The smallest absolute Gasteiger partial charge is 0.123 e. The highest BCUT2D eigenvalue weighted by molar-refractivity contribution is 6.30. The van der Waals surface area contributed by atoms with Gasteiger partial charge in [0.2, 0.25) is 0 Å². The lowest BCUT2D eigenvalue weighted by molar-refractivity contribution is 0.299. The van der Waals surface area contributed by atoms with E-state index in [0.29, 0.717) is 0 Å². The van der Waals surface area contributed by atoms with Gasteiger partial charge in [-0.1, -0.05) is 44.2 Å². The van der Waals surface area contributed by atoms with Crippen molar-refractivity contribution in [1.29, 1.82) is 0 Å². The molecule has 0 aliphatic rings. The molecule has 1 rings (SSSR count). The third-order valence-electron chi connectivity index (χ3n) is 3.34. The summed E-state index contributed by atoms with van der Waals surface area (Å²) in [5, 5.41) is 4.25. The van der Waals surface area contributed by atoms with Crippen LogP contribution in [0.1, 0.15) is 65.4 Å². The van der Waals surface area contributed by atoms with Crippen LogP contribution < -0.4 is 10.1 Å². The summed E-state index contributed by atoms with van der Waals surface area (Å²) in [5.41, 5.74) is 1.21. The lowest BCUT2D eigenvalue weighted by Crippen LogP contribution is -2.35. The zero-order valence-electron chi connectivity index (χ0n) is 14.0. The van der Waals surface area contributed by atoms with Crippen LogP contribution in [0.2, 0.25) is 5.02 Å². The van der Waals surface area contributed by atoms with Crippen LogP contribution in [0.4, 0.5) is 0 Å². The fraction of sp³-hybridized carbons (Fsp3) is 0.667. The molecular formula is C18H30ClNO. The molecule has 21 heavy (non-hydrogen) atoms. The van der Waals surface area contributed by atoms with Crippen molar-refractivity contribution in [2.24, 2.45) is 0 Å². The lowest BCUT2D eigenvalue weighted by atomic mass is 10.1. The second kappa shape index (κ2) is 9.32. The van der Waals surface area contributed by atoms with Crippen LogP contribution in [0.5, 0.6) is 5.75 Å². The zero-order valence-corrected chi connectivity index (χ0v) is 14.7. The van der Waals surface area contributed by atoms with E-state index in [9.17, 15) is 0 Å². The van der Waals surface area contributed by atoms with Crippen molar-refractivity contribution in [3.63, 3.8) is 0 Å². The van der Waals surface area contributed by atoms with E-state index in [1.807, 2.05) is 18.2 Å². The van der Waals surface area contributed by atoms with Gasteiger partial charge in [-0.2, -0.15) is 0 Å². The van der Waals surface area contributed by atoms with Crippen LogP contribution in [0.15, 0.2) is 18.2 Å². The summed E-state index contributed by atoms with van der Waals surface area (Å²) >= 11 is 6.10. The maximum absolute atomic E-state index is 6.10. The largest absolute Gasteiger partial charge is 0.493 e. The number of unbranched alkanes of at least 4 members (excludes halogenated alkanes) is 4. The SMILES string of the molecule is CCCCCCCOc1ccc(Cl)cc1CNC(C)(C)C. The first kappa shape index (κ1) is 18.3. The van der Waals surface area contributed by atoms with Gasteiger partial charge in [0.1, 0.15) is 5.75 Å². The Kier molecular flexibility index (Phi) is 8.13. The summed E-state index contributed by atoms with van der Waals surface area (Å²) in [6.45, 7) is 10.3. The fourth-order valence-corrected chi connectivity index (χ4v) is 2.27. The molecule has 2 nitrogen and oxygen atoms in total. The molecule has 0 spiro atoms. The number of benzene rings is 1. The second-order valence-corrected chi connectivity index (χ2v) is 7.05. The Morgan fingerprint density at radius 1 is 1.10 bits per heavy atom. The maximum Gasteiger partial charge on any atom is 0.123 e. The van der Waals surface area contributed by atoms with Gasteiger partial charge in [-0.3, -0.25) is 0 Å².